The predicted octanol–water partition coefficient (Wildman–Crippen LogP) is 5.70. The average molecular weight is 493 g/mol. The second-order valence-electron chi connectivity index (χ2n) is 10.5. The highest BCUT2D eigenvalue weighted by atomic mass is 16.5. The van der Waals surface area contributed by atoms with Crippen molar-refractivity contribution in [2.75, 3.05) is 6.61 Å². The lowest BCUT2D eigenvalue weighted by Crippen LogP contribution is -2.39. The first-order valence-electron chi connectivity index (χ1n) is 14.0. The highest BCUT2D eigenvalue weighted by molar-refractivity contribution is 5.80. The Balaban J connectivity index is 1.51. The fraction of sp³-hybridized carbons (Fsp3) is 0.643. The Morgan fingerprint density at radius 1 is 1.08 bits per heavy atom. The van der Waals surface area contributed by atoms with Crippen molar-refractivity contribution in [2.45, 2.75) is 109 Å². The SMILES string of the molecule is CCC[C@@H](c1nnnn1C1CCCCC1)N(Cc1cc2cc(OCC)ccc2[nH]c1=O)C1CCCC1. The highest BCUT2D eigenvalue weighted by Gasteiger charge is 2.34. The zero-order chi connectivity index (χ0) is 24.9. The quantitative estimate of drug-likeness (QED) is 0.390. The van der Waals surface area contributed by atoms with Gasteiger partial charge in [-0.2, -0.15) is 0 Å². The van der Waals surface area contributed by atoms with Crippen molar-refractivity contribution in [3.63, 3.8) is 0 Å². The minimum Gasteiger partial charge on any atom is -0.494 e. The summed E-state index contributed by atoms with van der Waals surface area (Å²) in [6, 6.07) is 8.82. The van der Waals surface area contributed by atoms with Gasteiger partial charge in [-0.1, -0.05) is 45.4 Å². The fourth-order valence-corrected chi connectivity index (χ4v) is 6.25. The normalized spacial score (nSPS) is 18.3. The van der Waals surface area contributed by atoms with Gasteiger partial charge in [0.2, 0.25) is 0 Å². The number of nitrogens with zero attached hydrogens (tertiary/aromatic N) is 5. The number of hydrogen-bond donors (Lipinski definition) is 1. The van der Waals surface area contributed by atoms with Gasteiger partial charge in [0.05, 0.1) is 18.7 Å². The van der Waals surface area contributed by atoms with Crippen molar-refractivity contribution in [2.24, 2.45) is 0 Å². The van der Waals surface area contributed by atoms with Crippen molar-refractivity contribution in [1.82, 2.24) is 30.1 Å². The lowest BCUT2D eigenvalue weighted by atomic mass is 9.95. The summed E-state index contributed by atoms with van der Waals surface area (Å²) in [7, 11) is 0. The number of nitrogens with one attached hydrogen (secondary N) is 1. The van der Waals surface area contributed by atoms with Gasteiger partial charge in [0.15, 0.2) is 5.82 Å². The number of hydrogen-bond acceptors (Lipinski definition) is 6. The van der Waals surface area contributed by atoms with Crippen molar-refractivity contribution in [1.29, 1.82) is 0 Å². The fourth-order valence-electron chi connectivity index (χ4n) is 6.25. The molecule has 8 heteroatoms. The van der Waals surface area contributed by atoms with E-state index < -0.39 is 0 Å². The van der Waals surface area contributed by atoms with Crippen LogP contribution in [-0.2, 0) is 6.54 Å². The molecule has 0 saturated heterocycles. The predicted molar refractivity (Wildman–Crippen MR) is 141 cm³/mol. The highest BCUT2D eigenvalue weighted by Crippen LogP contribution is 2.37. The van der Waals surface area contributed by atoms with Crippen LogP contribution >= 0.6 is 0 Å². The van der Waals surface area contributed by atoms with Crippen LogP contribution in [0, 0.1) is 0 Å². The standard InChI is InChI=1S/C28H40N6O2/c1-3-10-26(27-30-31-32-34(27)23-13-6-5-7-14-23)33(22-11-8-9-12-22)19-21-17-20-18-24(36-4-2)15-16-25(20)29-28(21)35/h15-18,22-23,26H,3-14,19H2,1-2H3,(H,29,35)/t26-/m0/s1. The molecular weight excluding hydrogens is 452 g/mol. The van der Waals surface area contributed by atoms with Gasteiger partial charge in [-0.05, 0) is 73.7 Å². The average Bonchev–Trinajstić information content (AvgIpc) is 3.60. The monoisotopic (exact) mass is 492 g/mol. The third-order valence-corrected chi connectivity index (χ3v) is 8.05. The van der Waals surface area contributed by atoms with Gasteiger partial charge in [0.1, 0.15) is 5.75 Å². The molecule has 0 aliphatic heterocycles. The molecule has 5 rings (SSSR count). The molecule has 1 N–H and O–H groups in total. The van der Waals surface area contributed by atoms with E-state index in [1.807, 2.05) is 31.2 Å². The Morgan fingerprint density at radius 3 is 2.61 bits per heavy atom. The van der Waals surface area contributed by atoms with E-state index in [1.54, 1.807) is 0 Å². The van der Waals surface area contributed by atoms with Gasteiger partial charge in [0.25, 0.3) is 5.56 Å². The van der Waals surface area contributed by atoms with E-state index in [0.29, 0.717) is 25.2 Å². The summed E-state index contributed by atoms with van der Waals surface area (Å²) in [5.41, 5.74) is 1.61. The van der Waals surface area contributed by atoms with E-state index in [-0.39, 0.29) is 11.6 Å². The van der Waals surface area contributed by atoms with Crippen LogP contribution in [0.25, 0.3) is 10.9 Å². The van der Waals surface area contributed by atoms with Crippen LogP contribution in [-0.4, -0.2) is 42.7 Å². The summed E-state index contributed by atoms with van der Waals surface area (Å²) in [4.78, 5) is 18.9. The first kappa shape index (κ1) is 24.9. The Labute approximate surface area is 213 Å². The number of rotatable bonds is 10. The van der Waals surface area contributed by atoms with Crippen molar-refractivity contribution in [3.8, 4) is 5.75 Å². The summed E-state index contributed by atoms with van der Waals surface area (Å²) in [6.45, 7) is 5.42. The van der Waals surface area contributed by atoms with Gasteiger partial charge >= 0.3 is 0 Å². The van der Waals surface area contributed by atoms with Crippen LogP contribution < -0.4 is 10.3 Å². The van der Waals surface area contributed by atoms with Gasteiger partial charge in [-0.3, -0.25) is 9.69 Å². The summed E-state index contributed by atoms with van der Waals surface area (Å²) in [5.74, 6) is 1.80. The van der Waals surface area contributed by atoms with Crippen LogP contribution in [0.2, 0.25) is 0 Å². The number of H-pyrrole nitrogens is 1. The smallest absolute Gasteiger partial charge is 0.252 e. The zero-order valence-electron chi connectivity index (χ0n) is 21.8. The molecule has 36 heavy (non-hydrogen) atoms. The Morgan fingerprint density at radius 2 is 1.86 bits per heavy atom. The lowest BCUT2D eigenvalue weighted by Gasteiger charge is -2.36. The first-order valence-corrected chi connectivity index (χ1v) is 14.0. The molecule has 0 amide bonds. The maximum atomic E-state index is 13.2. The number of fused-ring (bicyclic) bond motifs is 1. The molecule has 3 aromatic rings. The molecule has 2 saturated carbocycles. The van der Waals surface area contributed by atoms with Crippen LogP contribution in [0.15, 0.2) is 29.1 Å². The molecule has 0 unspecified atom stereocenters. The Bertz CT molecular complexity index is 1190. The minimum absolute atomic E-state index is 0.0169. The molecule has 2 aromatic heterocycles. The van der Waals surface area contributed by atoms with Crippen LogP contribution in [0.3, 0.4) is 0 Å². The Kier molecular flexibility index (Phi) is 7.99. The summed E-state index contributed by atoms with van der Waals surface area (Å²) in [6.07, 6.45) is 12.9. The summed E-state index contributed by atoms with van der Waals surface area (Å²) in [5, 5.41) is 14.3. The minimum atomic E-state index is -0.0169. The van der Waals surface area contributed by atoms with Gasteiger partial charge in [-0.25, -0.2) is 4.68 Å². The molecule has 1 atom stereocenters. The number of pyridine rings is 1. The molecular formula is C28H40N6O2. The zero-order valence-corrected chi connectivity index (χ0v) is 21.8. The third-order valence-electron chi connectivity index (χ3n) is 8.05. The van der Waals surface area contributed by atoms with Gasteiger partial charge in [0, 0.05) is 29.1 Å². The molecule has 0 bridgehead atoms. The van der Waals surface area contributed by atoms with Gasteiger partial charge < -0.3 is 9.72 Å². The molecule has 8 nitrogen and oxygen atoms in total. The van der Waals surface area contributed by atoms with Crippen LogP contribution in [0.1, 0.15) is 108 Å². The first-order chi connectivity index (χ1) is 17.7. The van der Waals surface area contributed by atoms with E-state index in [0.717, 1.165) is 66.6 Å². The summed E-state index contributed by atoms with van der Waals surface area (Å²) >= 11 is 0. The number of aromatic amines is 1. The molecule has 2 fully saturated rings. The topological polar surface area (TPSA) is 88.9 Å². The van der Waals surface area contributed by atoms with E-state index in [9.17, 15) is 4.79 Å². The lowest BCUT2D eigenvalue weighted by molar-refractivity contribution is 0.105. The maximum Gasteiger partial charge on any atom is 0.252 e. The second kappa shape index (κ2) is 11.5. The third kappa shape index (κ3) is 5.33. The molecule has 1 aromatic carbocycles. The van der Waals surface area contributed by atoms with Crippen molar-refractivity contribution in [3.05, 3.63) is 46.0 Å². The van der Waals surface area contributed by atoms with E-state index in [1.165, 1.54) is 32.1 Å². The van der Waals surface area contributed by atoms with Crippen LogP contribution in [0.4, 0.5) is 0 Å². The molecule has 2 aliphatic rings. The molecule has 0 spiro atoms. The molecule has 2 heterocycles. The van der Waals surface area contributed by atoms with E-state index in [4.69, 9.17) is 4.74 Å². The van der Waals surface area contributed by atoms with Crippen molar-refractivity contribution < 1.29 is 4.74 Å². The van der Waals surface area contributed by atoms with E-state index >= 15 is 0 Å². The second-order valence-corrected chi connectivity index (χ2v) is 10.5. The maximum absolute atomic E-state index is 13.2. The van der Waals surface area contributed by atoms with Crippen molar-refractivity contribution >= 4 is 10.9 Å². The van der Waals surface area contributed by atoms with E-state index in [2.05, 4.69) is 37.0 Å². The number of aromatic nitrogens is 5. The number of ether oxygens (including phenoxy) is 1. The van der Waals surface area contributed by atoms with Gasteiger partial charge in [-0.15, -0.1) is 5.10 Å². The Hall–Kier alpha value is -2.74. The molecule has 2 aliphatic carbocycles. The number of tetrazole rings is 1. The number of benzene rings is 1. The molecule has 194 valence electrons. The largest absolute Gasteiger partial charge is 0.494 e. The van der Waals surface area contributed by atoms with Crippen LogP contribution in [0.5, 0.6) is 5.75 Å². The molecule has 0 radical (unpaired) electrons. The summed E-state index contributed by atoms with van der Waals surface area (Å²) < 4.78 is 7.83.